The first-order valence-corrected chi connectivity index (χ1v) is 14.6. The fraction of sp³-hybridized carbons (Fsp3) is 0. The van der Waals surface area contributed by atoms with Crippen molar-refractivity contribution in [1.82, 2.24) is 0 Å². The molecule has 0 saturated heterocycles. The SMILES string of the molecule is O=C(Oc1ccccc1Oc1c(F)c(F)c(Oc2ccccc2OC(=O)c2ccc3c(c2)C(=O)OC3=O)c(F)c1F)c1ccc2c(c1)C(=O)OC2=O. The Bertz CT molecular complexity index is 2240. The van der Waals surface area contributed by atoms with E-state index in [0.29, 0.717) is 0 Å². The van der Waals surface area contributed by atoms with Crippen LogP contribution in [0.5, 0.6) is 34.5 Å². The molecule has 12 nitrogen and oxygen atoms in total. The first-order chi connectivity index (χ1) is 24.9. The molecule has 0 saturated carbocycles. The topological polar surface area (TPSA) is 158 Å². The van der Waals surface area contributed by atoms with Crippen LogP contribution in [0, 0.1) is 23.3 Å². The van der Waals surface area contributed by atoms with E-state index in [2.05, 4.69) is 9.47 Å². The van der Waals surface area contributed by atoms with Crippen molar-refractivity contribution in [2.75, 3.05) is 0 Å². The first kappa shape index (κ1) is 33.2. The molecule has 52 heavy (non-hydrogen) atoms. The quantitative estimate of drug-likeness (QED) is 0.0540. The van der Waals surface area contributed by atoms with Gasteiger partial charge in [0.05, 0.1) is 33.4 Å². The Kier molecular flexibility index (Phi) is 8.18. The standard InChI is InChI=1S/C36H14F4O12/c37-25-27(39)30(48-22-6-2-4-8-24(22)50-32(42)16-10-12-18-20(14-16)36(46)52-34(18)44)28(40)26(38)29(25)47-21-5-1-3-7-23(21)49-31(41)15-9-11-17-19(13-15)35(45)51-33(17)43/h1-14H. The van der Waals surface area contributed by atoms with Gasteiger partial charge < -0.3 is 28.4 Å². The second kappa shape index (κ2) is 12.8. The number of rotatable bonds is 8. The summed E-state index contributed by atoms with van der Waals surface area (Å²) < 4.78 is 91.1. The molecule has 0 atom stereocenters. The molecular formula is C36H14F4O12. The Morgan fingerprint density at radius 1 is 0.442 bits per heavy atom. The fourth-order valence-corrected chi connectivity index (χ4v) is 4.97. The molecule has 0 N–H and O–H groups in total. The van der Waals surface area contributed by atoms with Crippen LogP contribution < -0.4 is 18.9 Å². The van der Waals surface area contributed by atoms with Crippen molar-refractivity contribution in [2.45, 2.75) is 0 Å². The maximum Gasteiger partial charge on any atom is 0.346 e. The highest BCUT2D eigenvalue weighted by Crippen LogP contribution is 2.42. The largest absolute Gasteiger partial charge is 0.447 e. The van der Waals surface area contributed by atoms with Crippen LogP contribution in [-0.4, -0.2) is 35.8 Å². The highest BCUT2D eigenvalue weighted by Gasteiger charge is 2.33. The number of esters is 6. The van der Waals surface area contributed by atoms with Crippen molar-refractivity contribution >= 4 is 35.8 Å². The van der Waals surface area contributed by atoms with Gasteiger partial charge in [0, 0.05) is 0 Å². The average Bonchev–Trinajstić information content (AvgIpc) is 3.60. The molecule has 258 valence electrons. The van der Waals surface area contributed by atoms with Gasteiger partial charge in [-0.1, -0.05) is 24.3 Å². The average molecular weight is 714 g/mol. The van der Waals surface area contributed by atoms with E-state index in [1.807, 2.05) is 0 Å². The van der Waals surface area contributed by atoms with E-state index in [4.69, 9.17) is 18.9 Å². The number of halogens is 4. The fourth-order valence-electron chi connectivity index (χ4n) is 4.97. The van der Waals surface area contributed by atoms with Gasteiger partial charge in [-0.25, -0.2) is 28.8 Å². The molecule has 0 aliphatic carbocycles. The number of cyclic esters (lactones) is 4. The van der Waals surface area contributed by atoms with Gasteiger partial charge in [-0.15, -0.1) is 0 Å². The Hall–Kier alpha value is -7.36. The van der Waals surface area contributed by atoms with E-state index in [-0.39, 0.29) is 33.4 Å². The first-order valence-electron chi connectivity index (χ1n) is 14.6. The van der Waals surface area contributed by atoms with Crippen LogP contribution in [0.25, 0.3) is 0 Å². The molecule has 16 heteroatoms. The number of carbonyl (C=O) groups is 6. The number of carbonyl (C=O) groups excluding carboxylic acids is 6. The lowest BCUT2D eigenvalue weighted by Crippen LogP contribution is -2.11. The van der Waals surface area contributed by atoms with E-state index < -0.39 is 93.6 Å². The number of para-hydroxylation sites is 4. The zero-order valence-corrected chi connectivity index (χ0v) is 25.5. The Morgan fingerprint density at radius 3 is 1.13 bits per heavy atom. The molecule has 0 fully saturated rings. The van der Waals surface area contributed by atoms with Crippen molar-refractivity contribution in [1.29, 1.82) is 0 Å². The van der Waals surface area contributed by atoms with Gasteiger partial charge in [-0.2, -0.15) is 17.6 Å². The minimum absolute atomic E-state index is 0.0821. The van der Waals surface area contributed by atoms with Crippen LogP contribution in [-0.2, 0) is 9.47 Å². The van der Waals surface area contributed by atoms with Gasteiger partial charge in [0.15, 0.2) is 23.0 Å². The van der Waals surface area contributed by atoms with Crippen molar-refractivity contribution in [3.05, 3.63) is 142 Å². The molecule has 0 unspecified atom stereocenters. The lowest BCUT2D eigenvalue weighted by molar-refractivity contribution is 0.0425. The third-order valence-electron chi connectivity index (χ3n) is 7.47. The summed E-state index contributed by atoms with van der Waals surface area (Å²) in [6, 6.07) is 16.3. The molecule has 5 aromatic rings. The second-order valence-corrected chi connectivity index (χ2v) is 10.7. The monoisotopic (exact) mass is 714 g/mol. The molecule has 2 aliphatic rings. The zero-order chi connectivity index (χ0) is 36.8. The summed E-state index contributed by atoms with van der Waals surface area (Å²) in [4.78, 5) is 72.8. The minimum Gasteiger partial charge on any atom is -0.447 e. The third-order valence-corrected chi connectivity index (χ3v) is 7.47. The summed E-state index contributed by atoms with van der Waals surface area (Å²) >= 11 is 0. The Morgan fingerprint density at radius 2 is 0.769 bits per heavy atom. The van der Waals surface area contributed by atoms with Crippen LogP contribution >= 0.6 is 0 Å². The predicted octanol–water partition coefficient (Wildman–Crippen LogP) is 6.89. The highest BCUT2D eigenvalue weighted by atomic mass is 19.2. The zero-order valence-electron chi connectivity index (χ0n) is 25.5. The normalized spacial score (nSPS) is 12.8. The summed E-state index contributed by atoms with van der Waals surface area (Å²) in [6.07, 6.45) is 0. The van der Waals surface area contributed by atoms with Crippen molar-refractivity contribution < 1.29 is 74.8 Å². The lowest BCUT2D eigenvalue weighted by atomic mass is 10.1. The number of hydrogen-bond donors (Lipinski definition) is 0. The van der Waals surface area contributed by atoms with Crippen molar-refractivity contribution in [3.63, 3.8) is 0 Å². The molecule has 0 aromatic heterocycles. The summed E-state index contributed by atoms with van der Waals surface area (Å²) in [6.45, 7) is 0. The van der Waals surface area contributed by atoms with Crippen LogP contribution in [0.1, 0.15) is 62.1 Å². The number of hydrogen-bond acceptors (Lipinski definition) is 12. The number of ether oxygens (including phenoxy) is 6. The van der Waals surface area contributed by atoms with Gasteiger partial charge in [-0.3, -0.25) is 0 Å². The second-order valence-electron chi connectivity index (χ2n) is 10.7. The van der Waals surface area contributed by atoms with Crippen LogP contribution in [0.3, 0.4) is 0 Å². The van der Waals surface area contributed by atoms with Crippen LogP contribution in [0.15, 0.2) is 84.9 Å². The van der Waals surface area contributed by atoms with Gasteiger partial charge in [0.2, 0.25) is 34.8 Å². The number of benzene rings is 5. The molecule has 2 aliphatic heterocycles. The molecule has 0 amide bonds. The van der Waals surface area contributed by atoms with Gasteiger partial charge in [0.25, 0.3) is 0 Å². The Balaban J connectivity index is 1.12. The summed E-state index contributed by atoms with van der Waals surface area (Å²) in [5, 5.41) is 0. The summed E-state index contributed by atoms with van der Waals surface area (Å²) in [5.74, 6) is -19.5. The maximum atomic E-state index is 15.3. The number of fused-ring (bicyclic) bond motifs is 2. The van der Waals surface area contributed by atoms with Crippen LogP contribution in [0.4, 0.5) is 17.6 Å². The lowest BCUT2D eigenvalue weighted by Gasteiger charge is -2.16. The van der Waals surface area contributed by atoms with E-state index in [1.165, 1.54) is 24.3 Å². The predicted molar refractivity (Wildman–Crippen MR) is 162 cm³/mol. The van der Waals surface area contributed by atoms with Crippen molar-refractivity contribution in [2.24, 2.45) is 0 Å². The Labute approximate surface area is 286 Å². The third kappa shape index (κ3) is 5.83. The molecule has 0 spiro atoms. The highest BCUT2D eigenvalue weighted by molar-refractivity contribution is 6.16. The van der Waals surface area contributed by atoms with Gasteiger partial charge >= 0.3 is 35.8 Å². The summed E-state index contributed by atoms with van der Waals surface area (Å²) in [5.41, 5.74) is -1.02. The molecule has 2 heterocycles. The molecule has 0 bridgehead atoms. The van der Waals surface area contributed by atoms with Crippen molar-refractivity contribution in [3.8, 4) is 34.5 Å². The van der Waals surface area contributed by atoms with E-state index in [1.54, 1.807) is 0 Å². The van der Waals surface area contributed by atoms with Gasteiger partial charge in [0.1, 0.15) is 0 Å². The molecule has 7 rings (SSSR count). The van der Waals surface area contributed by atoms with E-state index >= 15 is 17.6 Å². The molecular weight excluding hydrogens is 700 g/mol. The smallest absolute Gasteiger partial charge is 0.346 e. The van der Waals surface area contributed by atoms with E-state index in [9.17, 15) is 28.8 Å². The van der Waals surface area contributed by atoms with Crippen LogP contribution in [0.2, 0.25) is 0 Å². The van der Waals surface area contributed by atoms with Gasteiger partial charge in [-0.05, 0) is 60.7 Å². The molecule has 5 aromatic carbocycles. The summed E-state index contributed by atoms with van der Waals surface area (Å²) in [7, 11) is 0. The maximum absolute atomic E-state index is 15.3. The van der Waals surface area contributed by atoms with E-state index in [0.717, 1.165) is 60.7 Å². The molecule has 0 radical (unpaired) electrons. The minimum atomic E-state index is -2.06.